The minimum Gasteiger partial charge on any atom is -0.493 e. The molecule has 2 aromatic carbocycles. The highest BCUT2D eigenvalue weighted by Crippen LogP contribution is 2.43. The number of hydrogen-bond donors (Lipinski definition) is 4. The van der Waals surface area contributed by atoms with E-state index in [1.54, 1.807) is 50.6 Å². The van der Waals surface area contributed by atoms with Crippen molar-refractivity contribution < 1.29 is 28.6 Å². The first kappa shape index (κ1) is 28.7. The fraction of sp³-hybridized carbons (Fsp3) is 0.303. The summed E-state index contributed by atoms with van der Waals surface area (Å²) < 4.78 is 11.0. The number of amides is 2. The number of H-pyrrole nitrogens is 1. The molecule has 1 aliphatic rings. The Bertz CT molecular complexity index is 1640. The highest BCUT2D eigenvalue weighted by molar-refractivity contribution is 6.05. The molecule has 0 atom stereocenters. The Morgan fingerprint density at radius 1 is 1.12 bits per heavy atom. The second-order valence-electron chi connectivity index (χ2n) is 11.1. The lowest BCUT2D eigenvalue weighted by Crippen LogP contribution is -2.52. The quantitative estimate of drug-likeness (QED) is 0.157. The van der Waals surface area contributed by atoms with Crippen LogP contribution in [0.3, 0.4) is 0 Å². The maximum absolute atomic E-state index is 13.4. The first-order valence-corrected chi connectivity index (χ1v) is 14.2. The van der Waals surface area contributed by atoms with Crippen LogP contribution in [0.2, 0.25) is 0 Å². The number of nitrogens with one attached hydrogen (secondary N) is 3. The number of benzene rings is 2. The summed E-state index contributed by atoms with van der Waals surface area (Å²) in [4.78, 5) is 41.0. The monoisotopic (exact) mass is 569 g/mol. The molecule has 0 radical (unpaired) electrons. The zero-order valence-electron chi connectivity index (χ0n) is 24.0. The van der Waals surface area contributed by atoms with E-state index >= 15 is 0 Å². The number of rotatable bonds is 10. The van der Waals surface area contributed by atoms with Crippen molar-refractivity contribution in [1.29, 1.82) is 0 Å². The molecule has 2 aromatic heterocycles. The topological polar surface area (TPSA) is 134 Å². The predicted octanol–water partition coefficient (Wildman–Crippen LogP) is 6.73. The molecule has 0 unspecified atom stereocenters. The third-order valence-electron chi connectivity index (χ3n) is 7.64. The van der Waals surface area contributed by atoms with Crippen LogP contribution >= 0.6 is 0 Å². The van der Waals surface area contributed by atoms with Gasteiger partial charge in [-0.2, -0.15) is 0 Å². The molecule has 9 nitrogen and oxygen atoms in total. The lowest BCUT2D eigenvalue weighted by atomic mass is 9.92. The highest BCUT2D eigenvalue weighted by atomic mass is 16.5. The van der Waals surface area contributed by atoms with E-state index in [9.17, 15) is 14.4 Å². The Labute approximate surface area is 244 Å². The summed E-state index contributed by atoms with van der Waals surface area (Å²) >= 11 is 0. The third-order valence-corrected chi connectivity index (χ3v) is 7.64. The molecule has 1 saturated carbocycles. The SMILES string of the molecule is CCOc1cc(NC(=O)C(C)(C)NC(=O)c2ccc3c(C4CCCC4)c(-c4ccoc4)[nH]c3c2)ccc1/C=C/C(=O)O. The number of carbonyl (C=O) groups excluding carboxylic acids is 2. The molecule has 2 heterocycles. The van der Waals surface area contributed by atoms with E-state index < -0.39 is 17.4 Å². The fourth-order valence-corrected chi connectivity index (χ4v) is 5.52. The van der Waals surface area contributed by atoms with Gasteiger partial charge in [-0.05, 0) is 81.5 Å². The molecule has 5 rings (SSSR count). The molecule has 1 fully saturated rings. The number of ether oxygens (including phenoxy) is 1. The van der Waals surface area contributed by atoms with E-state index in [0.717, 1.165) is 41.1 Å². The van der Waals surface area contributed by atoms with Crippen molar-refractivity contribution in [2.45, 2.75) is 57.9 Å². The average molecular weight is 570 g/mol. The number of aromatic amines is 1. The molecule has 218 valence electrons. The number of carbonyl (C=O) groups is 3. The number of anilines is 1. The number of furan rings is 1. The third kappa shape index (κ3) is 6.10. The molecular weight excluding hydrogens is 534 g/mol. The molecule has 0 bridgehead atoms. The van der Waals surface area contributed by atoms with Crippen molar-refractivity contribution in [3.05, 3.63) is 77.8 Å². The summed E-state index contributed by atoms with van der Waals surface area (Å²) in [6, 6.07) is 12.5. The Hall–Kier alpha value is -4.79. The second-order valence-corrected chi connectivity index (χ2v) is 11.1. The number of carboxylic acids is 1. The summed E-state index contributed by atoms with van der Waals surface area (Å²) in [5.41, 5.74) is 4.36. The highest BCUT2D eigenvalue weighted by Gasteiger charge is 2.31. The van der Waals surface area contributed by atoms with Gasteiger partial charge in [0.1, 0.15) is 11.3 Å². The molecule has 2 amide bonds. The average Bonchev–Trinajstić information content (AvgIpc) is 3.73. The molecule has 9 heteroatoms. The van der Waals surface area contributed by atoms with Gasteiger partial charge in [0.25, 0.3) is 5.91 Å². The van der Waals surface area contributed by atoms with Crippen molar-refractivity contribution in [3.8, 4) is 17.0 Å². The molecule has 42 heavy (non-hydrogen) atoms. The number of aromatic nitrogens is 1. The van der Waals surface area contributed by atoms with Gasteiger partial charge in [-0.15, -0.1) is 0 Å². The van der Waals surface area contributed by atoms with Crippen LogP contribution in [0.25, 0.3) is 28.2 Å². The summed E-state index contributed by atoms with van der Waals surface area (Å²) in [6.07, 6.45) is 10.5. The van der Waals surface area contributed by atoms with E-state index in [1.807, 2.05) is 25.1 Å². The van der Waals surface area contributed by atoms with E-state index in [2.05, 4.69) is 15.6 Å². The van der Waals surface area contributed by atoms with Crippen LogP contribution in [-0.4, -0.2) is 40.0 Å². The van der Waals surface area contributed by atoms with E-state index in [1.165, 1.54) is 24.5 Å². The van der Waals surface area contributed by atoms with Gasteiger partial charge in [0.15, 0.2) is 0 Å². The summed E-state index contributed by atoms with van der Waals surface area (Å²) in [5, 5.41) is 15.7. The van der Waals surface area contributed by atoms with E-state index in [4.69, 9.17) is 14.3 Å². The summed E-state index contributed by atoms with van der Waals surface area (Å²) in [7, 11) is 0. The first-order valence-electron chi connectivity index (χ1n) is 14.2. The van der Waals surface area contributed by atoms with Gasteiger partial charge < -0.3 is 29.9 Å². The minimum atomic E-state index is -1.24. The van der Waals surface area contributed by atoms with Crippen LogP contribution in [-0.2, 0) is 9.59 Å². The standard InChI is InChI=1S/C33H35N3O6/c1-4-42-27-18-24(12-9-20(27)11-14-28(37)38)34-32(40)33(2,3)36-31(39)22-10-13-25-26(17-22)35-30(23-15-16-41-19-23)29(25)21-7-5-6-8-21/h9-19,21,35H,4-8H2,1-3H3,(H,34,40)(H,36,39)(H,37,38)/b14-11+. The molecule has 0 saturated heterocycles. The zero-order valence-corrected chi connectivity index (χ0v) is 24.0. The van der Waals surface area contributed by atoms with Crippen LogP contribution in [0.5, 0.6) is 5.75 Å². The van der Waals surface area contributed by atoms with Crippen molar-refractivity contribution in [2.24, 2.45) is 0 Å². The molecule has 0 aliphatic heterocycles. The molecule has 4 aromatic rings. The van der Waals surface area contributed by atoms with E-state index in [-0.39, 0.29) is 5.91 Å². The van der Waals surface area contributed by atoms with Gasteiger partial charge in [-0.1, -0.05) is 18.9 Å². The van der Waals surface area contributed by atoms with Crippen LogP contribution in [0.15, 0.2) is 65.5 Å². The maximum Gasteiger partial charge on any atom is 0.328 e. The molecular formula is C33H35N3O6. The van der Waals surface area contributed by atoms with Gasteiger partial charge in [0.05, 0.1) is 24.8 Å². The van der Waals surface area contributed by atoms with Gasteiger partial charge in [-0.25, -0.2) is 4.79 Å². The number of aliphatic carboxylic acids is 1. The van der Waals surface area contributed by atoms with Crippen molar-refractivity contribution >= 4 is 40.4 Å². The van der Waals surface area contributed by atoms with Gasteiger partial charge in [0, 0.05) is 45.4 Å². The van der Waals surface area contributed by atoms with E-state index in [0.29, 0.717) is 35.1 Å². The Morgan fingerprint density at radius 3 is 2.60 bits per heavy atom. The predicted molar refractivity (Wildman–Crippen MR) is 162 cm³/mol. The summed E-state index contributed by atoms with van der Waals surface area (Å²) in [5.74, 6) is -0.977. The molecule has 1 aliphatic carbocycles. The zero-order chi connectivity index (χ0) is 29.9. The minimum absolute atomic E-state index is 0.365. The number of hydrogen-bond acceptors (Lipinski definition) is 5. The fourth-order valence-electron chi connectivity index (χ4n) is 5.52. The smallest absolute Gasteiger partial charge is 0.328 e. The Balaban J connectivity index is 1.34. The van der Waals surface area contributed by atoms with Crippen molar-refractivity contribution in [2.75, 3.05) is 11.9 Å². The maximum atomic E-state index is 13.4. The largest absolute Gasteiger partial charge is 0.493 e. The van der Waals surface area contributed by atoms with Crippen molar-refractivity contribution in [3.63, 3.8) is 0 Å². The Morgan fingerprint density at radius 2 is 1.90 bits per heavy atom. The summed E-state index contributed by atoms with van der Waals surface area (Å²) in [6.45, 7) is 5.45. The second kappa shape index (κ2) is 12.0. The molecule has 0 spiro atoms. The Kier molecular flexibility index (Phi) is 8.20. The lowest BCUT2D eigenvalue weighted by molar-refractivity contribution is -0.131. The van der Waals surface area contributed by atoms with Gasteiger partial charge >= 0.3 is 5.97 Å². The van der Waals surface area contributed by atoms with Crippen LogP contribution in [0.1, 0.15) is 73.9 Å². The van der Waals surface area contributed by atoms with Crippen LogP contribution < -0.4 is 15.4 Å². The van der Waals surface area contributed by atoms with Crippen molar-refractivity contribution in [1.82, 2.24) is 10.3 Å². The number of fused-ring (bicyclic) bond motifs is 1. The van der Waals surface area contributed by atoms with Crippen LogP contribution in [0, 0.1) is 0 Å². The normalized spacial score (nSPS) is 14.0. The lowest BCUT2D eigenvalue weighted by Gasteiger charge is -2.25. The van der Waals surface area contributed by atoms with Gasteiger partial charge in [-0.3, -0.25) is 9.59 Å². The van der Waals surface area contributed by atoms with Gasteiger partial charge in [0.2, 0.25) is 5.91 Å². The molecule has 4 N–H and O–H groups in total. The number of carboxylic acid groups (broad SMARTS) is 1. The first-order chi connectivity index (χ1) is 20.2. The van der Waals surface area contributed by atoms with Crippen LogP contribution in [0.4, 0.5) is 5.69 Å².